The van der Waals surface area contributed by atoms with Crippen molar-refractivity contribution in [3.8, 4) is 0 Å². The van der Waals surface area contributed by atoms with Crippen molar-refractivity contribution in [1.82, 2.24) is 9.38 Å². The van der Waals surface area contributed by atoms with Gasteiger partial charge in [0, 0.05) is 15.0 Å². The van der Waals surface area contributed by atoms with Gasteiger partial charge in [0.25, 0.3) is 5.91 Å². The third-order valence-electron chi connectivity index (χ3n) is 3.19. The van der Waals surface area contributed by atoms with Crippen LogP contribution in [-0.2, 0) is 0 Å². The van der Waals surface area contributed by atoms with Crippen LogP contribution >= 0.6 is 22.6 Å². The second kappa shape index (κ2) is 5.24. The minimum atomic E-state index is -0.112. The first-order valence-electron chi connectivity index (χ1n) is 6.14. The Kier molecular flexibility index (Phi) is 3.43. The minimum Gasteiger partial charge on any atom is -0.322 e. The third kappa shape index (κ3) is 2.40. The molecule has 0 aliphatic rings. The molecule has 5 heteroatoms. The Bertz CT molecular complexity index is 777. The van der Waals surface area contributed by atoms with E-state index in [2.05, 4.69) is 32.9 Å². The first-order chi connectivity index (χ1) is 9.65. The van der Waals surface area contributed by atoms with Gasteiger partial charge in [-0.1, -0.05) is 0 Å². The Morgan fingerprint density at radius 2 is 1.95 bits per heavy atom. The van der Waals surface area contributed by atoms with Crippen LogP contribution < -0.4 is 5.32 Å². The smallest absolute Gasteiger partial charge is 0.257 e. The zero-order chi connectivity index (χ0) is 14.1. The van der Waals surface area contributed by atoms with E-state index in [4.69, 9.17) is 0 Å². The molecule has 4 nitrogen and oxygen atoms in total. The molecule has 2 aromatic heterocycles. The molecule has 1 amide bonds. The van der Waals surface area contributed by atoms with Crippen LogP contribution in [0.25, 0.3) is 5.52 Å². The maximum absolute atomic E-state index is 12.3. The fourth-order valence-electron chi connectivity index (χ4n) is 2.10. The molecule has 0 aliphatic carbocycles. The lowest BCUT2D eigenvalue weighted by molar-refractivity contribution is 0.102. The van der Waals surface area contributed by atoms with Gasteiger partial charge in [-0.3, -0.25) is 4.79 Å². The molecule has 0 unspecified atom stereocenters. The molecular formula is C15H12IN3O. The van der Waals surface area contributed by atoms with E-state index in [1.165, 1.54) is 0 Å². The normalized spacial score (nSPS) is 10.7. The van der Waals surface area contributed by atoms with E-state index in [9.17, 15) is 4.79 Å². The number of aryl methyl sites for hydroxylation is 1. The lowest BCUT2D eigenvalue weighted by Crippen LogP contribution is -2.14. The van der Waals surface area contributed by atoms with Crippen molar-refractivity contribution in [2.24, 2.45) is 0 Å². The molecule has 0 radical (unpaired) electrons. The van der Waals surface area contributed by atoms with Gasteiger partial charge in [-0.25, -0.2) is 4.98 Å². The van der Waals surface area contributed by atoms with Gasteiger partial charge in [-0.05, 0) is 65.9 Å². The number of nitrogens with zero attached hydrogens (tertiary/aromatic N) is 2. The van der Waals surface area contributed by atoms with Crippen molar-refractivity contribution in [2.75, 3.05) is 5.32 Å². The summed E-state index contributed by atoms with van der Waals surface area (Å²) >= 11 is 2.23. The average molecular weight is 377 g/mol. The zero-order valence-corrected chi connectivity index (χ0v) is 13.0. The number of rotatable bonds is 2. The number of halogens is 1. The number of fused-ring (bicyclic) bond motifs is 1. The van der Waals surface area contributed by atoms with Crippen LogP contribution in [0.1, 0.15) is 16.1 Å². The van der Waals surface area contributed by atoms with Crippen LogP contribution in [0.2, 0.25) is 0 Å². The number of imidazole rings is 1. The van der Waals surface area contributed by atoms with E-state index in [1.807, 2.05) is 47.7 Å². The van der Waals surface area contributed by atoms with Gasteiger partial charge in [0.05, 0.1) is 23.6 Å². The lowest BCUT2D eigenvalue weighted by Gasteiger charge is -2.09. The fraction of sp³-hybridized carbons (Fsp3) is 0.0667. The van der Waals surface area contributed by atoms with Gasteiger partial charge in [0.1, 0.15) is 0 Å². The number of nitrogens with one attached hydrogen (secondary N) is 1. The van der Waals surface area contributed by atoms with Crippen LogP contribution in [0.15, 0.2) is 48.9 Å². The molecule has 100 valence electrons. The van der Waals surface area contributed by atoms with Gasteiger partial charge < -0.3 is 9.72 Å². The van der Waals surface area contributed by atoms with Gasteiger partial charge in [-0.15, -0.1) is 0 Å². The molecular weight excluding hydrogens is 365 g/mol. The molecule has 1 aromatic carbocycles. The molecule has 2 heterocycles. The van der Waals surface area contributed by atoms with Gasteiger partial charge in [-0.2, -0.15) is 0 Å². The Balaban J connectivity index is 1.92. The summed E-state index contributed by atoms with van der Waals surface area (Å²) in [5.41, 5.74) is 3.30. The highest BCUT2D eigenvalue weighted by atomic mass is 127. The van der Waals surface area contributed by atoms with E-state index in [0.29, 0.717) is 5.56 Å². The van der Waals surface area contributed by atoms with Crippen molar-refractivity contribution in [3.05, 3.63) is 63.7 Å². The number of aromatic nitrogens is 2. The van der Waals surface area contributed by atoms with Crippen molar-refractivity contribution >= 4 is 39.7 Å². The highest BCUT2D eigenvalue weighted by Gasteiger charge is 2.11. The molecule has 20 heavy (non-hydrogen) atoms. The van der Waals surface area contributed by atoms with Crippen molar-refractivity contribution < 1.29 is 4.79 Å². The average Bonchev–Trinajstić information content (AvgIpc) is 2.91. The minimum absolute atomic E-state index is 0.112. The van der Waals surface area contributed by atoms with Crippen LogP contribution in [0.4, 0.5) is 5.69 Å². The summed E-state index contributed by atoms with van der Waals surface area (Å²) < 4.78 is 3.04. The molecule has 0 saturated heterocycles. The largest absolute Gasteiger partial charge is 0.322 e. The van der Waals surface area contributed by atoms with E-state index in [0.717, 1.165) is 20.5 Å². The van der Waals surface area contributed by atoms with Crippen molar-refractivity contribution in [3.63, 3.8) is 0 Å². The topological polar surface area (TPSA) is 46.4 Å². The fourth-order valence-corrected chi connectivity index (χ4v) is 2.46. The number of carbonyl (C=O) groups excluding carboxylic acids is 1. The van der Waals surface area contributed by atoms with Gasteiger partial charge in [0.2, 0.25) is 0 Å². The Morgan fingerprint density at radius 1 is 1.20 bits per heavy atom. The van der Waals surface area contributed by atoms with E-state index in [-0.39, 0.29) is 5.91 Å². The number of carbonyl (C=O) groups is 1. The maximum Gasteiger partial charge on any atom is 0.257 e. The summed E-state index contributed by atoms with van der Waals surface area (Å²) in [5.74, 6) is -0.112. The summed E-state index contributed by atoms with van der Waals surface area (Å²) in [4.78, 5) is 16.4. The van der Waals surface area contributed by atoms with E-state index in [1.54, 1.807) is 12.5 Å². The molecule has 3 aromatic rings. The van der Waals surface area contributed by atoms with Crippen LogP contribution in [0, 0.1) is 10.5 Å². The summed E-state index contributed by atoms with van der Waals surface area (Å²) in [5, 5.41) is 2.91. The summed E-state index contributed by atoms with van der Waals surface area (Å²) in [6, 6.07) is 11.4. The predicted molar refractivity (Wildman–Crippen MR) is 87.0 cm³/mol. The summed E-state index contributed by atoms with van der Waals surface area (Å²) in [6.45, 7) is 1.91. The first-order valence-corrected chi connectivity index (χ1v) is 7.21. The van der Waals surface area contributed by atoms with Crippen LogP contribution in [0.3, 0.4) is 0 Å². The number of anilines is 1. The Morgan fingerprint density at radius 3 is 2.70 bits per heavy atom. The molecule has 0 atom stereocenters. The van der Waals surface area contributed by atoms with Crippen molar-refractivity contribution in [1.29, 1.82) is 0 Å². The van der Waals surface area contributed by atoms with Gasteiger partial charge >= 0.3 is 0 Å². The molecule has 3 rings (SSSR count). The van der Waals surface area contributed by atoms with E-state index < -0.39 is 0 Å². The molecule has 0 bridgehead atoms. The molecule has 1 N–H and O–H groups in total. The molecule has 0 fully saturated rings. The van der Waals surface area contributed by atoms with E-state index >= 15 is 0 Å². The quantitative estimate of drug-likeness (QED) is 0.695. The SMILES string of the molecule is Cc1c(C(=O)Nc2ccc(I)cc2)ccc2cncn12. The van der Waals surface area contributed by atoms with Crippen LogP contribution in [-0.4, -0.2) is 15.3 Å². The number of amides is 1. The monoisotopic (exact) mass is 377 g/mol. The third-order valence-corrected chi connectivity index (χ3v) is 3.90. The summed E-state index contributed by atoms with van der Waals surface area (Å²) in [6.07, 6.45) is 3.49. The molecule has 0 aliphatic heterocycles. The zero-order valence-electron chi connectivity index (χ0n) is 10.8. The highest BCUT2D eigenvalue weighted by Crippen LogP contribution is 2.16. The highest BCUT2D eigenvalue weighted by molar-refractivity contribution is 14.1. The summed E-state index contributed by atoms with van der Waals surface area (Å²) in [7, 11) is 0. The standard InChI is InChI=1S/C15H12IN3O/c1-10-14(7-6-13-8-17-9-19(10)13)15(20)18-12-4-2-11(16)3-5-12/h2-9H,1H3,(H,18,20). The van der Waals surface area contributed by atoms with Crippen LogP contribution in [0.5, 0.6) is 0 Å². The second-order valence-corrected chi connectivity index (χ2v) is 5.73. The Hall–Kier alpha value is -1.89. The predicted octanol–water partition coefficient (Wildman–Crippen LogP) is 3.50. The number of hydrogen-bond acceptors (Lipinski definition) is 2. The second-order valence-electron chi connectivity index (χ2n) is 4.48. The maximum atomic E-state index is 12.3. The number of hydrogen-bond donors (Lipinski definition) is 1. The number of benzene rings is 1. The van der Waals surface area contributed by atoms with Crippen molar-refractivity contribution in [2.45, 2.75) is 6.92 Å². The molecule has 0 spiro atoms. The van der Waals surface area contributed by atoms with Gasteiger partial charge in [0.15, 0.2) is 0 Å². The Labute approximate surface area is 130 Å². The number of pyridine rings is 1. The lowest BCUT2D eigenvalue weighted by atomic mass is 10.1. The first kappa shape index (κ1) is 13.1. The molecule has 0 saturated carbocycles.